The topological polar surface area (TPSA) is 6.25 Å². The summed E-state index contributed by atoms with van der Waals surface area (Å²) in [5, 5.41) is 5.31. The Labute approximate surface area is 239 Å². The first kappa shape index (κ1) is 26.3. The molecule has 0 aromatic heterocycles. The molecule has 6 rings (SSSR count). The highest BCUT2D eigenvalue weighted by atomic mass is 15.2. The molecule has 0 atom stereocenters. The van der Waals surface area contributed by atoms with Crippen LogP contribution in [0.1, 0.15) is 58.6 Å². The van der Waals surface area contributed by atoms with Crippen molar-refractivity contribution in [2.75, 3.05) is 18.0 Å². The van der Waals surface area contributed by atoms with Gasteiger partial charge in [-0.1, -0.05) is 93.9 Å². The predicted molar refractivity (Wildman–Crippen MR) is 173 cm³/mol. The van der Waals surface area contributed by atoms with Gasteiger partial charge in [0, 0.05) is 47.5 Å². The van der Waals surface area contributed by atoms with Crippen molar-refractivity contribution in [1.82, 2.24) is 0 Å². The summed E-state index contributed by atoms with van der Waals surface area (Å²) < 4.78 is 2.57. The van der Waals surface area contributed by atoms with Gasteiger partial charge >= 0.3 is 0 Å². The molecule has 40 heavy (non-hydrogen) atoms. The fourth-order valence-corrected chi connectivity index (χ4v) is 7.18. The second kappa shape index (κ2) is 9.93. The predicted octanol–water partition coefficient (Wildman–Crippen LogP) is 9.59. The SMILES string of the molecule is C=CCN1/C(=C\C=C\C2=[N+](CCCC)c3ccc4ccccc4c3C2(C)C)C(C)(C)c2c1ccc1ccccc21. The van der Waals surface area contributed by atoms with E-state index < -0.39 is 0 Å². The Morgan fingerprint density at radius 3 is 2.12 bits per heavy atom. The molecule has 0 unspecified atom stereocenters. The lowest BCUT2D eigenvalue weighted by molar-refractivity contribution is -0.438. The van der Waals surface area contributed by atoms with E-state index in [0.717, 1.165) is 13.1 Å². The number of hydrogen-bond donors (Lipinski definition) is 0. The highest BCUT2D eigenvalue weighted by Crippen LogP contribution is 2.51. The molecule has 0 N–H and O–H groups in total. The molecule has 4 aromatic rings. The summed E-state index contributed by atoms with van der Waals surface area (Å²) in [5.41, 5.74) is 7.97. The minimum absolute atomic E-state index is 0.0931. The van der Waals surface area contributed by atoms with Crippen LogP contribution in [0.4, 0.5) is 11.4 Å². The first-order valence-corrected chi connectivity index (χ1v) is 14.8. The molecule has 4 aromatic carbocycles. The van der Waals surface area contributed by atoms with E-state index in [2.05, 4.69) is 142 Å². The Morgan fingerprint density at radius 1 is 0.800 bits per heavy atom. The maximum atomic E-state index is 4.09. The van der Waals surface area contributed by atoms with E-state index in [0.29, 0.717) is 0 Å². The van der Waals surface area contributed by atoms with Crippen molar-refractivity contribution in [2.45, 2.75) is 58.3 Å². The smallest absolute Gasteiger partial charge is 0.210 e. The summed E-state index contributed by atoms with van der Waals surface area (Å²) in [6.45, 7) is 17.7. The molecule has 0 bridgehead atoms. The number of benzene rings is 4. The number of anilines is 1. The molecule has 202 valence electrons. The van der Waals surface area contributed by atoms with Gasteiger partial charge in [0.15, 0.2) is 5.71 Å². The largest absolute Gasteiger partial charge is 0.340 e. The van der Waals surface area contributed by atoms with E-state index >= 15 is 0 Å². The minimum Gasteiger partial charge on any atom is -0.340 e. The van der Waals surface area contributed by atoms with Crippen LogP contribution in [0, 0.1) is 0 Å². The molecule has 2 heteroatoms. The van der Waals surface area contributed by atoms with Crippen molar-refractivity contribution in [3.63, 3.8) is 0 Å². The van der Waals surface area contributed by atoms with Gasteiger partial charge in [-0.2, -0.15) is 4.58 Å². The average molecular weight is 526 g/mol. The van der Waals surface area contributed by atoms with Crippen LogP contribution in [0.3, 0.4) is 0 Å². The Bertz CT molecular complexity index is 1730. The second-order valence-corrected chi connectivity index (χ2v) is 12.3. The minimum atomic E-state index is -0.125. The van der Waals surface area contributed by atoms with Crippen molar-refractivity contribution in [3.05, 3.63) is 121 Å². The zero-order valence-corrected chi connectivity index (χ0v) is 24.7. The first-order chi connectivity index (χ1) is 19.3. The molecule has 2 aliphatic heterocycles. The highest BCUT2D eigenvalue weighted by Gasteiger charge is 2.45. The van der Waals surface area contributed by atoms with Crippen molar-refractivity contribution in [2.24, 2.45) is 0 Å². The van der Waals surface area contributed by atoms with Crippen molar-refractivity contribution < 1.29 is 4.58 Å². The van der Waals surface area contributed by atoms with Gasteiger partial charge in [0.25, 0.3) is 0 Å². The Morgan fingerprint density at radius 2 is 1.45 bits per heavy atom. The van der Waals surface area contributed by atoms with E-state index in [1.165, 1.54) is 68.3 Å². The van der Waals surface area contributed by atoms with Gasteiger partial charge in [0.1, 0.15) is 6.54 Å². The number of fused-ring (bicyclic) bond motifs is 6. The molecule has 0 saturated heterocycles. The van der Waals surface area contributed by atoms with E-state index in [1.54, 1.807) is 0 Å². The average Bonchev–Trinajstić information content (AvgIpc) is 3.31. The van der Waals surface area contributed by atoms with Gasteiger partial charge in [-0.3, -0.25) is 0 Å². The third-order valence-electron chi connectivity index (χ3n) is 9.06. The van der Waals surface area contributed by atoms with Crippen molar-refractivity contribution in [1.29, 1.82) is 0 Å². The Balaban J connectivity index is 1.46. The zero-order valence-electron chi connectivity index (χ0n) is 24.7. The molecule has 2 aliphatic rings. The van der Waals surface area contributed by atoms with Crippen LogP contribution in [-0.4, -0.2) is 23.4 Å². The van der Waals surface area contributed by atoms with Crippen molar-refractivity contribution >= 4 is 38.6 Å². The fraction of sp³-hybridized carbons (Fsp3) is 0.289. The molecule has 0 amide bonds. The lowest BCUT2D eigenvalue weighted by Gasteiger charge is -2.26. The van der Waals surface area contributed by atoms with E-state index in [9.17, 15) is 0 Å². The monoisotopic (exact) mass is 525 g/mol. The van der Waals surface area contributed by atoms with Crippen LogP contribution in [0.25, 0.3) is 21.5 Å². The van der Waals surface area contributed by atoms with Crippen LogP contribution < -0.4 is 4.90 Å². The quantitative estimate of drug-likeness (QED) is 0.172. The van der Waals surface area contributed by atoms with Crippen LogP contribution in [0.2, 0.25) is 0 Å². The normalized spacial score (nSPS) is 18.3. The Kier molecular flexibility index (Phi) is 6.53. The number of nitrogens with zero attached hydrogens (tertiary/aromatic N) is 2. The first-order valence-electron chi connectivity index (χ1n) is 14.8. The van der Waals surface area contributed by atoms with Crippen LogP contribution >= 0.6 is 0 Å². The molecule has 2 heterocycles. The summed E-state index contributed by atoms with van der Waals surface area (Å²) in [5.74, 6) is 0. The summed E-state index contributed by atoms with van der Waals surface area (Å²) in [6, 6.07) is 26.8. The number of rotatable bonds is 7. The second-order valence-electron chi connectivity index (χ2n) is 12.3. The summed E-state index contributed by atoms with van der Waals surface area (Å²) in [7, 11) is 0. The molecule has 2 nitrogen and oxygen atoms in total. The third-order valence-corrected chi connectivity index (χ3v) is 9.06. The van der Waals surface area contributed by atoms with Crippen LogP contribution in [0.15, 0.2) is 109 Å². The van der Waals surface area contributed by atoms with E-state index in [-0.39, 0.29) is 10.8 Å². The summed E-state index contributed by atoms with van der Waals surface area (Å²) in [4.78, 5) is 2.45. The molecule has 0 fully saturated rings. The lowest BCUT2D eigenvalue weighted by Crippen LogP contribution is -2.28. The van der Waals surface area contributed by atoms with E-state index in [4.69, 9.17) is 0 Å². The molecule has 0 saturated carbocycles. The van der Waals surface area contributed by atoms with Gasteiger partial charge in [-0.15, -0.1) is 6.58 Å². The fourth-order valence-electron chi connectivity index (χ4n) is 7.18. The number of unbranched alkanes of at least 4 members (excludes halogenated alkanes) is 1. The van der Waals surface area contributed by atoms with Crippen LogP contribution in [0.5, 0.6) is 0 Å². The maximum Gasteiger partial charge on any atom is 0.210 e. The molecular formula is C38H41N2+. The standard InChI is InChI=1S/C38H41N2/c1-7-9-26-40-32-24-22-28-16-11-13-18-30(28)36(32)38(5,6)34(40)20-14-19-33-37(3,4)35-29-17-12-10-15-27(29)21-23-31(35)39(33)25-8-2/h8,10-24H,2,7,9,25-26H2,1,3-6H3/q+1. The van der Waals surface area contributed by atoms with Gasteiger partial charge in [-0.05, 0) is 59.2 Å². The summed E-state index contributed by atoms with van der Waals surface area (Å²) in [6.07, 6.45) is 11.4. The highest BCUT2D eigenvalue weighted by molar-refractivity contribution is 6.07. The van der Waals surface area contributed by atoms with Gasteiger partial charge in [0.05, 0.1) is 5.41 Å². The van der Waals surface area contributed by atoms with Gasteiger partial charge in [0.2, 0.25) is 5.69 Å². The number of hydrogen-bond acceptors (Lipinski definition) is 1. The zero-order chi connectivity index (χ0) is 28.1. The van der Waals surface area contributed by atoms with E-state index in [1.807, 2.05) is 6.08 Å². The van der Waals surface area contributed by atoms with Gasteiger partial charge in [-0.25, -0.2) is 0 Å². The molecular weight excluding hydrogens is 484 g/mol. The van der Waals surface area contributed by atoms with Crippen LogP contribution in [-0.2, 0) is 10.8 Å². The maximum absolute atomic E-state index is 4.09. The third kappa shape index (κ3) is 3.96. The molecule has 0 radical (unpaired) electrons. The molecule has 0 aliphatic carbocycles. The molecule has 0 spiro atoms. The Hall–Kier alpha value is -3.91. The van der Waals surface area contributed by atoms with Gasteiger partial charge < -0.3 is 4.90 Å². The number of allylic oxidation sites excluding steroid dienone is 4. The van der Waals surface area contributed by atoms with Crippen molar-refractivity contribution in [3.8, 4) is 0 Å². The summed E-state index contributed by atoms with van der Waals surface area (Å²) >= 11 is 0. The lowest BCUT2D eigenvalue weighted by atomic mass is 9.79.